The van der Waals surface area contributed by atoms with Gasteiger partial charge in [-0.1, -0.05) is 0 Å². The summed E-state index contributed by atoms with van der Waals surface area (Å²) in [5.41, 5.74) is 0.964. The van der Waals surface area contributed by atoms with Crippen molar-refractivity contribution in [3.05, 3.63) is 36.4 Å². The Labute approximate surface area is 90.8 Å². The molecule has 0 saturated heterocycles. The van der Waals surface area contributed by atoms with E-state index in [1.807, 2.05) is 24.3 Å². The van der Waals surface area contributed by atoms with Crippen molar-refractivity contribution in [2.45, 2.75) is 11.9 Å². The Morgan fingerprint density at radius 3 is 2.93 bits per heavy atom. The summed E-state index contributed by atoms with van der Waals surface area (Å²) in [5.74, 6) is 0.798. The fourth-order valence-electron chi connectivity index (χ4n) is 1.10. The van der Waals surface area contributed by atoms with E-state index in [2.05, 4.69) is 6.58 Å². The summed E-state index contributed by atoms with van der Waals surface area (Å²) in [4.78, 5) is 0. The number of ether oxygens (including phenoxy) is 1. The van der Waals surface area contributed by atoms with Crippen molar-refractivity contribution < 1.29 is 9.84 Å². The van der Waals surface area contributed by atoms with Crippen LogP contribution in [0.25, 0.3) is 0 Å². The van der Waals surface area contributed by atoms with Crippen molar-refractivity contribution in [1.29, 1.82) is 0 Å². The normalized spacial score (nSPS) is 9.86. The summed E-state index contributed by atoms with van der Waals surface area (Å²) in [6.07, 6.45) is 1.91. The van der Waals surface area contributed by atoms with Crippen LogP contribution in [0.15, 0.2) is 30.9 Å². The van der Waals surface area contributed by atoms with E-state index in [4.69, 9.17) is 9.84 Å². The quantitative estimate of drug-likeness (QED) is 0.632. The molecule has 0 heterocycles. The Kier molecular flexibility index (Phi) is 4.74. The molecule has 0 radical (unpaired) electrons. The van der Waals surface area contributed by atoms with Gasteiger partial charge in [-0.15, -0.1) is 0 Å². The summed E-state index contributed by atoms with van der Waals surface area (Å²) in [6, 6.07) is 5.84. The molecule has 0 fully saturated rings. The molecule has 3 heteroatoms. The van der Waals surface area contributed by atoms with Crippen LogP contribution in [0, 0.1) is 0 Å². The van der Waals surface area contributed by atoms with E-state index in [9.17, 15) is 0 Å². The molecule has 76 valence electrons. The second-order valence-electron chi connectivity index (χ2n) is 2.73. The average molecular weight is 257 g/mol. The molecule has 0 aliphatic heterocycles. The van der Waals surface area contributed by atoms with E-state index in [0.717, 1.165) is 16.6 Å². The minimum atomic E-state index is 0.0748. The molecule has 1 N–H and O–H groups in total. The Hall–Kier alpha value is -0.761. The fraction of sp³-hybridized carbons (Fsp3) is 0.273. The molecule has 0 aromatic heterocycles. The predicted octanol–water partition coefficient (Wildman–Crippen LogP) is 1.12. The van der Waals surface area contributed by atoms with Gasteiger partial charge in [0.1, 0.15) is 0 Å². The number of aliphatic hydroxyl groups is 1. The number of aliphatic hydroxyl groups excluding tert-OH is 1. The zero-order valence-corrected chi connectivity index (χ0v) is 9.91. The van der Waals surface area contributed by atoms with Gasteiger partial charge in [0.05, 0.1) is 0 Å². The molecule has 0 amide bonds. The third kappa shape index (κ3) is 2.88. The first kappa shape index (κ1) is 11.3. The maximum absolute atomic E-state index is 9.17. The van der Waals surface area contributed by atoms with Gasteiger partial charge in [0.15, 0.2) is 0 Å². The molecule has 1 rings (SSSR count). The Morgan fingerprint density at radius 1 is 1.57 bits per heavy atom. The molecule has 2 nitrogen and oxygen atoms in total. The summed E-state index contributed by atoms with van der Waals surface area (Å²) >= 11 is 0.367. The van der Waals surface area contributed by atoms with Gasteiger partial charge >= 0.3 is 90.5 Å². The van der Waals surface area contributed by atoms with Gasteiger partial charge in [0.25, 0.3) is 0 Å². The van der Waals surface area contributed by atoms with E-state index in [0.29, 0.717) is 15.0 Å². The van der Waals surface area contributed by atoms with Crippen molar-refractivity contribution in [3.8, 4) is 5.75 Å². The SMILES string of the molecule is C=CC[Se]c1ccc(OC)cc1CO. The topological polar surface area (TPSA) is 29.5 Å². The molecule has 0 spiro atoms. The predicted molar refractivity (Wildman–Crippen MR) is 59.3 cm³/mol. The first-order valence-electron chi connectivity index (χ1n) is 4.33. The molecule has 0 bridgehead atoms. The van der Waals surface area contributed by atoms with E-state index in [-0.39, 0.29) is 6.61 Å². The number of hydrogen-bond donors (Lipinski definition) is 1. The van der Waals surface area contributed by atoms with E-state index < -0.39 is 0 Å². The van der Waals surface area contributed by atoms with Crippen LogP contribution in [0.4, 0.5) is 0 Å². The van der Waals surface area contributed by atoms with Gasteiger partial charge in [-0.05, 0) is 0 Å². The van der Waals surface area contributed by atoms with Crippen LogP contribution in [-0.4, -0.2) is 27.2 Å². The monoisotopic (exact) mass is 258 g/mol. The Bertz CT molecular complexity index is 310. The van der Waals surface area contributed by atoms with Crippen molar-refractivity contribution in [2.75, 3.05) is 7.11 Å². The van der Waals surface area contributed by atoms with Crippen LogP contribution in [0.3, 0.4) is 0 Å². The molecule has 1 aromatic carbocycles. The summed E-state index contributed by atoms with van der Waals surface area (Å²) in [5, 5.41) is 10.2. The number of hydrogen-bond acceptors (Lipinski definition) is 2. The zero-order valence-electron chi connectivity index (χ0n) is 8.19. The van der Waals surface area contributed by atoms with Gasteiger partial charge in [0, 0.05) is 0 Å². The van der Waals surface area contributed by atoms with Crippen molar-refractivity contribution >= 4 is 19.4 Å². The van der Waals surface area contributed by atoms with Gasteiger partial charge < -0.3 is 0 Å². The van der Waals surface area contributed by atoms with Crippen molar-refractivity contribution in [1.82, 2.24) is 0 Å². The summed E-state index contributed by atoms with van der Waals surface area (Å²) in [6.45, 7) is 3.77. The molecular weight excluding hydrogens is 243 g/mol. The van der Waals surface area contributed by atoms with Gasteiger partial charge in [-0.25, -0.2) is 0 Å². The van der Waals surface area contributed by atoms with Crippen LogP contribution < -0.4 is 9.20 Å². The average Bonchev–Trinajstić information content (AvgIpc) is 2.26. The molecule has 0 saturated carbocycles. The standard InChI is InChI=1S/C11H14O2Se/c1-3-6-14-11-5-4-10(13-2)7-9(11)8-12/h3-5,7,12H,1,6,8H2,2H3. The number of rotatable bonds is 5. The van der Waals surface area contributed by atoms with Crippen LogP contribution in [0.2, 0.25) is 5.32 Å². The molecule has 1 aromatic rings. The maximum atomic E-state index is 9.17. The zero-order chi connectivity index (χ0) is 10.4. The first-order valence-corrected chi connectivity index (χ1v) is 6.40. The molecule has 0 aliphatic carbocycles. The molecule has 0 atom stereocenters. The Balaban J connectivity index is 2.87. The molecule has 0 unspecified atom stereocenters. The van der Waals surface area contributed by atoms with Crippen LogP contribution in [-0.2, 0) is 6.61 Å². The van der Waals surface area contributed by atoms with Gasteiger partial charge in [-0.3, -0.25) is 0 Å². The van der Waals surface area contributed by atoms with Gasteiger partial charge in [0.2, 0.25) is 0 Å². The second kappa shape index (κ2) is 5.86. The third-order valence-corrected chi connectivity index (χ3v) is 4.13. The second-order valence-corrected chi connectivity index (χ2v) is 4.96. The Morgan fingerprint density at radius 2 is 2.36 bits per heavy atom. The van der Waals surface area contributed by atoms with Crippen LogP contribution >= 0.6 is 0 Å². The number of methoxy groups -OCH3 is 1. The number of benzene rings is 1. The van der Waals surface area contributed by atoms with Gasteiger partial charge in [-0.2, -0.15) is 0 Å². The van der Waals surface area contributed by atoms with Crippen LogP contribution in [0.1, 0.15) is 5.56 Å². The minimum absolute atomic E-state index is 0.0748. The summed E-state index contributed by atoms with van der Waals surface area (Å²) in [7, 11) is 1.63. The number of allylic oxidation sites excluding steroid dienone is 1. The van der Waals surface area contributed by atoms with Crippen LogP contribution in [0.5, 0.6) is 5.75 Å². The molecule has 0 aliphatic rings. The fourth-order valence-corrected chi connectivity index (χ4v) is 2.71. The summed E-state index contributed by atoms with van der Waals surface area (Å²) < 4.78 is 6.31. The first-order chi connectivity index (χ1) is 6.81. The van der Waals surface area contributed by atoms with E-state index in [1.165, 1.54) is 4.46 Å². The third-order valence-electron chi connectivity index (χ3n) is 1.79. The molecular formula is C11H14O2Se. The van der Waals surface area contributed by atoms with E-state index >= 15 is 0 Å². The molecule has 14 heavy (non-hydrogen) atoms. The van der Waals surface area contributed by atoms with E-state index in [1.54, 1.807) is 7.11 Å². The van der Waals surface area contributed by atoms with Crippen molar-refractivity contribution in [3.63, 3.8) is 0 Å². The van der Waals surface area contributed by atoms with Crippen molar-refractivity contribution in [2.24, 2.45) is 0 Å².